The van der Waals surface area contributed by atoms with Gasteiger partial charge < -0.3 is 11.1 Å². The van der Waals surface area contributed by atoms with Crippen molar-refractivity contribution < 1.29 is 0 Å². The van der Waals surface area contributed by atoms with Crippen LogP contribution in [-0.2, 0) is 0 Å². The number of rotatable bonds is 8. The van der Waals surface area contributed by atoms with Gasteiger partial charge in [0, 0.05) is 11.2 Å². The maximum Gasteiger partial charge on any atom is 0.0709 e. The van der Waals surface area contributed by atoms with Crippen LogP contribution >= 0.6 is 11.6 Å². The van der Waals surface area contributed by atoms with E-state index < -0.39 is 0 Å². The van der Waals surface area contributed by atoms with Crippen LogP contribution < -0.4 is 11.1 Å². The molecular weight excluding hydrogens is 208 g/mol. The Morgan fingerprint density at radius 3 is 2.53 bits per heavy atom. The van der Waals surface area contributed by atoms with Crippen molar-refractivity contribution in [2.45, 2.75) is 59.0 Å². The Kier molecular flexibility index (Phi) is 8.92. The molecule has 0 rings (SSSR count). The molecule has 0 spiro atoms. The van der Waals surface area contributed by atoms with E-state index in [1.54, 1.807) is 0 Å². The van der Waals surface area contributed by atoms with Gasteiger partial charge in [-0.05, 0) is 19.3 Å². The Morgan fingerprint density at radius 2 is 2.00 bits per heavy atom. The van der Waals surface area contributed by atoms with Gasteiger partial charge in [-0.25, -0.2) is 0 Å². The molecule has 0 aromatic rings. The summed E-state index contributed by atoms with van der Waals surface area (Å²) in [6.45, 7) is 6.28. The molecule has 90 valence electrons. The summed E-state index contributed by atoms with van der Waals surface area (Å²) < 4.78 is 0. The van der Waals surface area contributed by atoms with Crippen molar-refractivity contribution in [2.75, 3.05) is 0 Å². The maximum atomic E-state index is 6.13. The average Bonchev–Trinajstić information content (AvgIpc) is 2.20. The molecule has 0 aromatic heterocycles. The van der Waals surface area contributed by atoms with E-state index in [0.29, 0.717) is 5.92 Å². The third kappa shape index (κ3) is 8.76. The summed E-state index contributed by atoms with van der Waals surface area (Å²) in [4.78, 5) is 0. The van der Waals surface area contributed by atoms with Crippen molar-refractivity contribution in [3.8, 4) is 0 Å². The zero-order chi connectivity index (χ0) is 11.7. The molecule has 0 aliphatic rings. The number of hydrogen-bond acceptors (Lipinski definition) is 2. The van der Waals surface area contributed by atoms with Gasteiger partial charge in [0.25, 0.3) is 0 Å². The largest absolute Gasteiger partial charge is 0.375 e. The van der Waals surface area contributed by atoms with E-state index in [-0.39, 0.29) is 6.17 Å². The summed E-state index contributed by atoms with van der Waals surface area (Å²) in [5.74, 6) is 0.440. The second-order valence-electron chi connectivity index (χ2n) is 4.23. The Labute approximate surface area is 99.3 Å². The number of nitrogens with two attached hydrogens (primary N) is 1. The smallest absolute Gasteiger partial charge is 0.0709 e. The van der Waals surface area contributed by atoms with E-state index in [2.05, 4.69) is 19.2 Å². The number of halogens is 1. The Bertz CT molecular complexity index is 178. The van der Waals surface area contributed by atoms with Gasteiger partial charge in [0.2, 0.25) is 0 Å². The van der Waals surface area contributed by atoms with Crippen LogP contribution in [0.3, 0.4) is 0 Å². The van der Waals surface area contributed by atoms with E-state index in [4.69, 9.17) is 17.3 Å². The molecule has 0 aliphatic heterocycles. The fourth-order valence-corrected chi connectivity index (χ4v) is 1.54. The summed E-state index contributed by atoms with van der Waals surface area (Å²) in [5.41, 5.74) is 5.57. The van der Waals surface area contributed by atoms with Gasteiger partial charge in [0.05, 0.1) is 6.17 Å². The molecule has 15 heavy (non-hydrogen) atoms. The standard InChI is InChI=1S/C12H25ClN2/c1-4-5-6-7-8-10(2)12(13)9-15-11(3)14/h9-11,15H,4-8,14H2,1-3H3/b12-9+. The summed E-state index contributed by atoms with van der Waals surface area (Å²) in [7, 11) is 0. The predicted molar refractivity (Wildman–Crippen MR) is 68.6 cm³/mol. The number of hydrogen-bond donors (Lipinski definition) is 2. The number of nitrogens with one attached hydrogen (secondary N) is 1. The third-order valence-electron chi connectivity index (χ3n) is 2.45. The first-order valence-electron chi connectivity index (χ1n) is 5.95. The molecule has 0 amide bonds. The molecule has 2 atom stereocenters. The highest BCUT2D eigenvalue weighted by Gasteiger charge is 2.05. The normalized spacial score (nSPS) is 16.2. The average molecular weight is 233 g/mol. The Hall–Kier alpha value is -0.210. The van der Waals surface area contributed by atoms with Gasteiger partial charge in [0.1, 0.15) is 0 Å². The number of allylic oxidation sites excluding steroid dienone is 1. The molecule has 0 fully saturated rings. The molecular formula is C12H25ClN2. The molecule has 2 unspecified atom stereocenters. The lowest BCUT2D eigenvalue weighted by atomic mass is 10.0. The van der Waals surface area contributed by atoms with Gasteiger partial charge in [-0.3, -0.25) is 0 Å². The molecule has 0 heterocycles. The van der Waals surface area contributed by atoms with Crippen molar-refractivity contribution >= 4 is 11.6 Å². The first kappa shape index (κ1) is 14.8. The van der Waals surface area contributed by atoms with Crippen molar-refractivity contribution in [2.24, 2.45) is 11.7 Å². The maximum absolute atomic E-state index is 6.13. The van der Waals surface area contributed by atoms with Gasteiger partial charge in [0.15, 0.2) is 0 Å². The Morgan fingerprint density at radius 1 is 1.33 bits per heavy atom. The first-order valence-corrected chi connectivity index (χ1v) is 6.33. The van der Waals surface area contributed by atoms with Gasteiger partial charge in [-0.2, -0.15) is 0 Å². The van der Waals surface area contributed by atoms with Crippen molar-refractivity contribution in [3.63, 3.8) is 0 Å². The molecule has 0 aliphatic carbocycles. The number of unbranched alkanes of at least 4 members (excludes halogenated alkanes) is 3. The fourth-order valence-electron chi connectivity index (χ4n) is 1.37. The Balaban J connectivity index is 3.68. The van der Waals surface area contributed by atoms with Crippen LogP contribution in [0.5, 0.6) is 0 Å². The second-order valence-corrected chi connectivity index (χ2v) is 4.67. The highest BCUT2D eigenvalue weighted by Crippen LogP contribution is 2.20. The van der Waals surface area contributed by atoms with E-state index in [1.165, 1.54) is 25.7 Å². The monoisotopic (exact) mass is 232 g/mol. The van der Waals surface area contributed by atoms with Crippen LogP contribution in [0.15, 0.2) is 11.2 Å². The molecule has 0 bridgehead atoms. The summed E-state index contributed by atoms with van der Waals surface area (Å²) in [6.07, 6.45) is 8.14. The summed E-state index contributed by atoms with van der Waals surface area (Å²) in [5, 5.41) is 3.89. The van der Waals surface area contributed by atoms with Gasteiger partial charge in [-0.15, -0.1) is 0 Å². The minimum absolute atomic E-state index is 0.0361. The van der Waals surface area contributed by atoms with Crippen LogP contribution in [0, 0.1) is 5.92 Å². The van der Waals surface area contributed by atoms with Crippen LogP contribution in [0.1, 0.15) is 52.9 Å². The highest BCUT2D eigenvalue weighted by molar-refractivity contribution is 6.29. The molecule has 0 radical (unpaired) electrons. The van der Waals surface area contributed by atoms with Crippen LogP contribution in [0.25, 0.3) is 0 Å². The fraction of sp³-hybridized carbons (Fsp3) is 0.833. The highest BCUT2D eigenvalue weighted by atomic mass is 35.5. The van der Waals surface area contributed by atoms with Crippen LogP contribution in [0.4, 0.5) is 0 Å². The zero-order valence-electron chi connectivity index (χ0n) is 10.2. The minimum atomic E-state index is -0.0361. The molecule has 2 nitrogen and oxygen atoms in total. The second kappa shape index (κ2) is 9.05. The van der Waals surface area contributed by atoms with E-state index >= 15 is 0 Å². The summed E-state index contributed by atoms with van der Waals surface area (Å²) >= 11 is 6.13. The summed E-state index contributed by atoms with van der Waals surface area (Å²) in [6, 6.07) is 0. The van der Waals surface area contributed by atoms with Crippen molar-refractivity contribution in [1.29, 1.82) is 0 Å². The molecule has 3 N–H and O–H groups in total. The molecule has 0 saturated carbocycles. The van der Waals surface area contributed by atoms with Gasteiger partial charge >= 0.3 is 0 Å². The van der Waals surface area contributed by atoms with Crippen LogP contribution in [0.2, 0.25) is 0 Å². The molecule has 3 heteroatoms. The zero-order valence-corrected chi connectivity index (χ0v) is 11.0. The van der Waals surface area contributed by atoms with E-state index in [0.717, 1.165) is 11.5 Å². The van der Waals surface area contributed by atoms with Crippen LogP contribution in [-0.4, -0.2) is 6.17 Å². The lowest BCUT2D eigenvalue weighted by Crippen LogP contribution is -2.30. The quantitative estimate of drug-likeness (QED) is 0.496. The first-order chi connectivity index (χ1) is 7.07. The van der Waals surface area contributed by atoms with Crippen molar-refractivity contribution in [3.05, 3.63) is 11.2 Å². The topological polar surface area (TPSA) is 38.0 Å². The van der Waals surface area contributed by atoms with Gasteiger partial charge in [-0.1, -0.05) is 51.1 Å². The minimum Gasteiger partial charge on any atom is -0.375 e. The van der Waals surface area contributed by atoms with E-state index in [9.17, 15) is 0 Å². The van der Waals surface area contributed by atoms with Crippen molar-refractivity contribution in [1.82, 2.24) is 5.32 Å². The molecule has 0 aromatic carbocycles. The molecule has 0 saturated heterocycles. The lowest BCUT2D eigenvalue weighted by molar-refractivity contribution is 0.550. The lowest BCUT2D eigenvalue weighted by Gasteiger charge is -2.12. The van der Waals surface area contributed by atoms with E-state index in [1.807, 2.05) is 13.1 Å². The third-order valence-corrected chi connectivity index (χ3v) is 2.93. The SMILES string of the molecule is CCCCCCC(C)/C(Cl)=C\NC(C)N. The predicted octanol–water partition coefficient (Wildman–Crippen LogP) is 3.57.